The second-order valence-corrected chi connectivity index (χ2v) is 10.7. The number of aromatic nitrogens is 4. The SMILES string of the molecule is Nc1ncnc2c1ncn2C1OC(COP(=O)(O)OP(=O)(O)OP(=O)(O)O)C(C#CF)C1O. The summed E-state index contributed by atoms with van der Waals surface area (Å²) in [7, 11) is -16.8. The molecular formula is C12H15FN5O12P3. The smallest absolute Gasteiger partial charge is 0.387 e. The summed E-state index contributed by atoms with van der Waals surface area (Å²) < 4.78 is 65.1. The van der Waals surface area contributed by atoms with Gasteiger partial charge in [-0.2, -0.15) is 8.62 Å². The van der Waals surface area contributed by atoms with E-state index in [9.17, 15) is 33.0 Å². The lowest BCUT2D eigenvalue weighted by atomic mass is 9.99. The maximum atomic E-state index is 12.7. The van der Waals surface area contributed by atoms with Gasteiger partial charge in [-0.15, -0.1) is 4.39 Å². The summed E-state index contributed by atoms with van der Waals surface area (Å²) in [6.07, 6.45) is -0.878. The Labute approximate surface area is 182 Å². The number of aliphatic hydroxyl groups is 1. The van der Waals surface area contributed by atoms with Crippen LogP contribution >= 0.6 is 23.5 Å². The molecule has 182 valence electrons. The molecule has 0 saturated carbocycles. The van der Waals surface area contributed by atoms with Crippen LogP contribution in [0.1, 0.15) is 6.23 Å². The average Bonchev–Trinajstić information content (AvgIpc) is 3.20. The van der Waals surface area contributed by atoms with Crippen LogP contribution < -0.4 is 5.73 Å². The maximum absolute atomic E-state index is 12.7. The molecule has 0 spiro atoms. The number of rotatable bonds is 8. The van der Waals surface area contributed by atoms with Gasteiger partial charge in [-0.25, -0.2) is 28.6 Å². The van der Waals surface area contributed by atoms with E-state index in [1.54, 1.807) is 0 Å². The Morgan fingerprint density at radius 2 is 1.85 bits per heavy atom. The van der Waals surface area contributed by atoms with Gasteiger partial charge in [0.15, 0.2) is 17.7 Å². The van der Waals surface area contributed by atoms with E-state index in [1.165, 1.54) is 10.9 Å². The molecule has 0 aromatic carbocycles. The molecular weight excluding hydrogens is 518 g/mol. The summed E-state index contributed by atoms with van der Waals surface area (Å²) in [6.45, 7) is -0.958. The van der Waals surface area contributed by atoms with Crippen molar-refractivity contribution in [1.82, 2.24) is 19.5 Å². The summed E-state index contributed by atoms with van der Waals surface area (Å²) in [6, 6.07) is 0. The second-order valence-electron chi connectivity index (χ2n) is 6.29. The molecule has 21 heteroatoms. The van der Waals surface area contributed by atoms with Crippen LogP contribution in [0.15, 0.2) is 12.7 Å². The molecule has 3 rings (SSSR count). The molecule has 7 N–H and O–H groups in total. The second kappa shape index (κ2) is 9.43. The number of nitrogens with zero attached hydrogens (tertiary/aromatic N) is 4. The zero-order valence-corrected chi connectivity index (χ0v) is 18.5. The van der Waals surface area contributed by atoms with E-state index in [1.807, 2.05) is 5.92 Å². The van der Waals surface area contributed by atoms with E-state index >= 15 is 0 Å². The van der Waals surface area contributed by atoms with Crippen LogP contribution in [0.3, 0.4) is 0 Å². The number of ether oxygens (including phenoxy) is 1. The first-order valence-electron chi connectivity index (χ1n) is 8.39. The number of imidazole rings is 1. The fourth-order valence-corrected chi connectivity index (χ4v) is 5.91. The van der Waals surface area contributed by atoms with E-state index in [2.05, 4.69) is 28.1 Å². The van der Waals surface area contributed by atoms with Crippen molar-refractivity contribution in [3.8, 4) is 12.1 Å². The van der Waals surface area contributed by atoms with Crippen molar-refractivity contribution in [2.45, 2.75) is 18.4 Å². The number of phosphoric ester groups is 1. The van der Waals surface area contributed by atoms with E-state index < -0.39 is 54.4 Å². The Morgan fingerprint density at radius 3 is 2.48 bits per heavy atom. The van der Waals surface area contributed by atoms with Gasteiger partial charge in [-0.1, -0.05) is 5.92 Å². The Bertz CT molecular complexity index is 1240. The number of hydrogen-bond donors (Lipinski definition) is 6. The first kappa shape index (κ1) is 25.8. The van der Waals surface area contributed by atoms with Crippen LogP contribution in [0.25, 0.3) is 11.2 Å². The quantitative estimate of drug-likeness (QED) is 0.185. The zero-order valence-electron chi connectivity index (χ0n) is 15.9. The lowest BCUT2D eigenvalue weighted by Gasteiger charge is -2.19. The van der Waals surface area contributed by atoms with E-state index in [-0.39, 0.29) is 17.0 Å². The molecule has 2 aromatic heterocycles. The molecule has 0 bridgehead atoms. The van der Waals surface area contributed by atoms with Gasteiger partial charge in [0.05, 0.1) is 18.9 Å². The van der Waals surface area contributed by atoms with Gasteiger partial charge >= 0.3 is 23.5 Å². The first-order valence-corrected chi connectivity index (χ1v) is 12.9. The molecule has 6 unspecified atom stereocenters. The van der Waals surface area contributed by atoms with Crippen LogP contribution in [0.4, 0.5) is 10.2 Å². The van der Waals surface area contributed by atoms with Crippen LogP contribution in [0.5, 0.6) is 0 Å². The van der Waals surface area contributed by atoms with Crippen LogP contribution in [0, 0.1) is 18.0 Å². The molecule has 33 heavy (non-hydrogen) atoms. The average molecular weight is 533 g/mol. The Morgan fingerprint density at radius 1 is 1.15 bits per heavy atom. The van der Waals surface area contributed by atoms with Gasteiger partial charge in [-0.05, 0) is 0 Å². The van der Waals surface area contributed by atoms with Crippen molar-refractivity contribution >= 4 is 40.4 Å². The minimum atomic E-state index is -5.74. The molecule has 1 aliphatic heterocycles. The summed E-state index contributed by atoms with van der Waals surface area (Å²) in [4.78, 5) is 47.5. The molecule has 0 aliphatic carbocycles. The number of fused-ring (bicyclic) bond motifs is 1. The Hall–Kier alpha value is -1.83. The fourth-order valence-electron chi connectivity index (χ4n) is 2.88. The molecule has 0 amide bonds. The van der Waals surface area contributed by atoms with Gasteiger partial charge in [0.1, 0.15) is 30.2 Å². The number of phosphoric acid groups is 3. The molecule has 1 aliphatic rings. The third-order valence-electron chi connectivity index (χ3n) is 4.08. The third kappa shape index (κ3) is 6.19. The van der Waals surface area contributed by atoms with Crippen molar-refractivity contribution in [1.29, 1.82) is 0 Å². The van der Waals surface area contributed by atoms with Crippen molar-refractivity contribution in [2.24, 2.45) is 5.92 Å². The van der Waals surface area contributed by atoms with Gasteiger partial charge in [0.25, 0.3) is 0 Å². The topological polar surface area (TPSA) is 259 Å². The fraction of sp³-hybridized carbons (Fsp3) is 0.417. The molecule has 2 aromatic rings. The largest absolute Gasteiger partial charge is 0.490 e. The number of halogens is 1. The molecule has 1 saturated heterocycles. The predicted octanol–water partition coefficient (Wildman–Crippen LogP) is -0.443. The van der Waals surface area contributed by atoms with E-state index in [0.29, 0.717) is 0 Å². The number of aliphatic hydroxyl groups excluding tert-OH is 1. The van der Waals surface area contributed by atoms with Crippen molar-refractivity contribution in [3.63, 3.8) is 0 Å². The van der Waals surface area contributed by atoms with E-state index in [4.69, 9.17) is 20.3 Å². The summed E-state index contributed by atoms with van der Waals surface area (Å²) in [5.74, 6) is 0.684. The molecule has 0 radical (unpaired) electrons. The van der Waals surface area contributed by atoms with Crippen molar-refractivity contribution in [2.75, 3.05) is 12.3 Å². The van der Waals surface area contributed by atoms with Crippen molar-refractivity contribution in [3.05, 3.63) is 12.7 Å². The highest BCUT2D eigenvalue weighted by Crippen LogP contribution is 2.66. The summed E-state index contributed by atoms with van der Waals surface area (Å²) in [5.41, 5.74) is 5.99. The number of anilines is 1. The standard InChI is InChI=1S/C12H15FN5O12P3/c13-2-1-6-7(3-27-32(23,24)30-33(25,26)29-31(20,21)22)28-12(9(6)19)18-5-17-8-10(14)15-4-16-11(8)18/h4-7,9,12,19H,3H2,(H,23,24)(H,25,26)(H2,14,15,16)(H2,20,21,22). The predicted molar refractivity (Wildman–Crippen MR) is 102 cm³/mol. The molecule has 3 heterocycles. The van der Waals surface area contributed by atoms with Crippen LogP contribution in [-0.2, 0) is 31.6 Å². The summed E-state index contributed by atoms with van der Waals surface area (Å²) in [5, 5.41) is 10.6. The van der Waals surface area contributed by atoms with Gasteiger partial charge < -0.3 is 35.2 Å². The molecule has 6 atom stereocenters. The number of nitrogens with two attached hydrogens (primary N) is 1. The number of hydrogen-bond acceptors (Lipinski definition) is 12. The molecule has 17 nitrogen and oxygen atoms in total. The normalized spacial score (nSPS) is 27.0. The summed E-state index contributed by atoms with van der Waals surface area (Å²) >= 11 is 0. The third-order valence-corrected chi connectivity index (χ3v) is 7.88. The van der Waals surface area contributed by atoms with Crippen molar-refractivity contribution < 1.29 is 60.6 Å². The van der Waals surface area contributed by atoms with Gasteiger partial charge in [-0.3, -0.25) is 9.09 Å². The Kier molecular flexibility index (Phi) is 7.37. The highest BCUT2D eigenvalue weighted by Gasteiger charge is 2.47. The molecule has 1 fully saturated rings. The first-order chi connectivity index (χ1) is 15.2. The van der Waals surface area contributed by atoms with E-state index in [0.717, 1.165) is 12.5 Å². The lowest BCUT2D eigenvalue weighted by molar-refractivity contribution is -0.0483. The lowest BCUT2D eigenvalue weighted by Crippen LogP contribution is -2.27. The monoisotopic (exact) mass is 533 g/mol. The maximum Gasteiger partial charge on any atom is 0.490 e. The van der Waals surface area contributed by atoms with Gasteiger partial charge in [0, 0.05) is 0 Å². The number of nitrogen functional groups attached to an aromatic ring is 1. The van der Waals surface area contributed by atoms with Crippen LogP contribution in [0.2, 0.25) is 0 Å². The minimum absolute atomic E-state index is 0.0237. The highest BCUT2D eigenvalue weighted by molar-refractivity contribution is 7.66. The van der Waals surface area contributed by atoms with Crippen LogP contribution in [-0.4, -0.2) is 63.0 Å². The highest BCUT2D eigenvalue weighted by atomic mass is 31.3. The zero-order chi connectivity index (χ0) is 24.6. The minimum Gasteiger partial charge on any atom is -0.387 e. The Balaban J connectivity index is 1.77. The van der Waals surface area contributed by atoms with Gasteiger partial charge in [0.2, 0.25) is 0 Å².